The summed E-state index contributed by atoms with van der Waals surface area (Å²) in [6, 6.07) is 0. The van der Waals surface area contributed by atoms with Crippen LogP contribution in [0.2, 0.25) is 0 Å². The van der Waals surface area contributed by atoms with Gasteiger partial charge in [-0.2, -0.15) is 0 Å². The van der Waals surface area contributed by atoms with Crippen molar-refractivity contribution in [2.45, 2.75) is 284 Å². The summed E-state index contributed by atoms with van der Waals surface area (Å²) in [6.07, 6.45) is 69.5. The Kier molecular flexibility index (Phi) is 52.9. The molecule has 0 heterocycles. The Bertz CT molecular complexity index is 1100. The zero-order valence-corrected chi connectivity index (χ0v) is 42.8. The highest BCUT2D eigenvalue weighted by molar-refractivity contribution is 5.70. The van der Waals surface area contributed by atoms with Crippen LogP contribution in [0.5, 0.6) is 0 Å². The molecule has 0 fully saturated rings. The highest BCUT2D eigenvalue weighted by atomic mass is 16.6. The maximum absolute atomic E-state index is 12.8. The van der Waals surface area contributed by atoms with E-state index in [0.29, 0.717) is 19.4 Å². The normalized spacial score (nSPS) is 12.6. The molecular formula is C59H106O5. The molecule has 0 bridgehead atoms. The number of unbranched alkanes of at least 4 members (excludes halogenated alkanes) is 30. The molecule has 0 aromatic rings. The fourth-order valence-electron chi connectivity index (χ4n) is 7.91. The highest BCUT2D eigenvalue weighted by Gasteiger charge is 2.17. The molecule has 0 rings (SSSR count). The molecule has 0 saturated heterocycles. The number of hydrogen-bond donors (Lipinski definition) is 0. The first-order valence-electron chi connectivity index (χ1n) is 27.8. The van der Waals surface area contributed by atoms with E-state index in [9.17, 15) is 9.59 Å². The summed E-state index contributed by atoms with van der Waals surface area (Å²) in [6.45, 7) is 7.71. The summed E-state index contributed by atoms with van der Waals surface area (Å²) in [5, 5.41) is 0. The SMILES string of the molecule is CC/C=C\C/C=C\C/C=C\CCCCCCCC(=O)O[C@H](COCCCCCCCCCCCCCCCCCC)COC(=O)CCCCCCCCC/C=C\C/C=C\CCCCC. The van der Waals surface area contributed by atoms with Crippen molar-refractivity contribution in [3.63, 3.8) is 0 Å². The van der Waals surface area contributed by atoms with Gasteiger partial charge in [0.25, 0.3) is 0 Å². The van der Waals surface area contributed by atoms with Crippen LogP contribution in [0.25, 0.3) is 0 Å². The van der Waals surface area contributed by atoms with Crippen LogP contribution in [0, 0.1) is 0 Å². The molecule has 0 aliphatic rings. The highest BCUT2D eigenvalue weighted by Crippen LogP contribution is 2.15. The molecule has 0 unspecified atom stereocenters. The Balaban J connectivity index is 4.28. The number of carbonyl (C=O) groups is 2. The van der Waals surface area contributed by atoms with Gasteiger partial charge in [-0.1, -0.05) is 242 Å². The first-order chi connectivity index (χ1) is 31.6. The van der Waals surface area contributed by atoms with E-state index >= 15 is 0 Å². The third-order valence-electron chi connectivity index (χ3n) is 12.0. The lowest BCUT2D eigenvalue weighted by Gasteiger charge is -2.18. The number of esters is 2. The number of allylic oxidation sites excluding steroid dienone is 10. The Hall–Kier alpha value is -2.40. The van der Waals surface area contributed by atoms with Gasteiger partial charge in [0, 0.05) is 19.4 Å². The molecule has 0 aromatic heterocycles. The molecule has 64 heavy (non-hydrogen) atoms. The predicted molar refractivity (Wildman–Crippen MR) is 279 cm³/mol. The van der Waals surface area contributed by atoms with Crippen molar-refractivity contribution in [2.75, 3.05) is 19.8 Å². The molecule has 1 atom stereocenters. The average Bonchev–Trinajstić information content (AvgIpc) is 3.30. The minimum Gasteiger partial charge on any atom is -0.462 e. The molecule has 372 valence electrons. The predicted octanol–water partition coefficient (Wildman–Crippen LogP) is 18.9. The lowest BCUT2D eigenvalue weighted by Crippen LogP contribution is -2.30. The van der Waals surface area contributed by atoms with Crippen LogP contribution in [0.4, 0.5) is 0 Å². The molecule has 0 spiro atoms. The zero-order chi connectivity index (χ0) is 46.3. The van der Waals surface area contributed by atoms with E-state index in [2.05, 4.69) is 81.5 Å². The second-order valence-corrected chi connectivity index (χ2v) is 18.5. The maximum Gasteiger partial charge on any atom is 0.306 e. The van der Waals surface area contributed by atoms with Crippen molar-refractivity contribution >= 4 is 11.9 Å². The van der Waals surface area contributed by atoms with E-state index in [1.165, 1.54) is 161 Å². The van der Waals surface area contributed by atoms with E-state index in [1.54, 1.807) is 0 Å². The summed E-state index contributed by atoms with van der Waals surface area (Å²) < 4.78 is 17.4. The molecule has 5 nitrogen and oxygen atoms in total. The van der Waals surface area contributed by atoms with E-state index in [1.807, 2.05) is 0 Å². The molecule has 0 aliphatic carbocycles. The molecule has 0 aliphatic heterocycles. The van der Waals surface area contributed by atoms with Crippen LogP contribution in [-0.2, 0) is 23.8 Å². The number of ether oxygens (including phenoxy) is 3. The molecule has 0 amide bonds. The summed E-state index contributed by atoms with van der Waals surface area (Å²) in [4.78, 5) is 25.5. The van der Waals surface area contributed by atoms with Crippen molar-refractivity contribution in [3.05, 3.63) is 60.8 Å². The Morgan fingerprint density at radius 2 is 0.703 bits per heavy atom. The van der Waals surface area contributed by atoms with E-state index in [0.717, 1.165) is 83.5 Å². The van der Waals surface area contributed by atoms with E-state index < -0.39 is 6.10 Å². The first kappa shape index (κ1) is 61.6. The van der Waals surface area contributed by atoms with Gasteiger partial charge in [0.15, 0.2) is 6.10 Å². The fraction of sp³-hybridized carbons (Fsp3) is 0.797. The van der Waals surface area contributed by atoms with Crippen LogP contribution >= 0.6 is 0 Å². The largest absolute Gasteiger partial charge is 0.462 e. The third kappa shape index (κ3) is 52.2. The number of carbonyl (C=O) groups excluding carboxylic acids is 2. The quantitative estimate of drug-likeness (QED) is 0.0346. The lowest BCUT2D eigenvalue weighted by atomic mass is 10.0. The first-order valence-corrected chi connectivity index (χ1v) is 27.8. The molecular weight excluding hydrogens is 789 g/mol. The number of hydrogen-bond acceptors (Lipinski definition) is 5. The van der Waals surface area contributed by atoms with Gasteiger partial charge in [-0.15, -0.1) is 0 Å². The van der Waals surface area contributed by atoms with Crippen molar-refractivity contribution in [3.8, 4) is 0 Å². The Morgan fingerprint density at radius 1 is 0.359 bits per heavy atom. The van der Waals surface area contributed by atoms with Crippen LogP contribution < -0.4 is 0 Å². The average molecular weight is 895 g/mol. The van der Waals surface area contributed by atoms with Crippen molar-refractivity contribution in [2.24, 2.45) is 0 Å². The van der Waals surface area contributed by atoms with Gasteiger partial charge in [0.05, 0.1) is 6.61 Å². The monoisotopic (exact) mass is 895 g/mol. The van der Waals surface area contributed by atoms with Crippen LogP contribution in [0.1, 0.15) is 278 Å². The van der Waals surface area contributed by atoms with Crippen molar-refractivity contribution in [1.29, 1.82) is 0 Å². The van der Waals surface area contributed by atoms with E-state index in [4.69, 9.17) is 14.2 Å². The van der Waals surface area contributed by atoms with Gasteiger partial charge in [-0.3, -0.25) is 9.59 Å². The summed E-state index contributed by atoms with van der Waals surface area (Å²) in [5.41, 5.74) is 0. The Labute approximate surface area is 398 Å². The molecule has 0 radical (unpaired) electrons. The molecule has 0 aromatic carbocycles. The third-order valence-corrected chi connectivity index (χ3v) is 12.0. The van der Waals surface area contributed by atoms with Crippen LogP contribution in [0.3, 0.4) is 0 Å². The topological polar surface area (TPSA) is 61.8 Å². The smallest absolute Gasteiger partial charge is 0.306 e. The number of rotatable bonds is 51. The molecule has 0 saturated carbocycles. The summed E-state index contributed by atoms with van der Waals surface area (Å²) >= 11 is 0. The van der Waals surface area contributed by atoms with Gasteiger partial charge < -0.3 is 14.2 Å². The minimum absolute atomic E-state index is 0.0758. The molecule has 0 N–H and O–H groups in total. The fourth-order valence-corrected chi connectivity index (χ4v) is 7.91. The summed E-state index contributed by atoms with van der Waals surface area (Å²) in [5.74, 6) is -0.415. The van der Waals surface area contributed by atoms with Crippen molar-refractivity contribution in [1.82, 2.24) is 0 Å². The summed E-state index contributed by atoms with van der Waals surface area (Å²) in [7, 11) is 0. The zero-order valence-electron chi connectivity index (χ0n) is 42.8. The van der Waals surface area contributed by atoms with Crippen molar-refractivity contribution < 1.29 is 23.8 Å². The Morgan fingerprint density at radius 3 is 1.16 bits per heavy atom. The standard InChI is InChI=1S/C59H106O5/c1-4-7-10-13-16-19-22-25-28-30-32-34-37-40-43-46-49-52-58(60)63-56-57(55-62-54-51-48-45-42-39-36-33-29-26-23-20-17-14-11-8-5-2)64-59(61)53-50-47-44-41-38-35-31-27-24-21-18-15-12-9-6-3/h9,12,16,18-19,21,25,27-28,31,57H,4-8,10-11,13-15,17,20,22-24,26,29-30,32-56H2,1-3H3/b12-9-,19-16-,21-18-,28-25-,31-27-/t57-/m1/s1. The van der Waals surface area contributed by atoms with Gasteiger partial charge in [-0.25, -0.2) is 0 Å². The maximum atomic E-state index is 12.8. The van der Waals surface area contributed by atoms with Gasteiger partial charge in [0.1, 0.15) is 6.61 Å². The van der Waals surface area contributed by atoms with E-state index in [-0.39, 0.29) is 25.2 Å². The lowest BCUT2D eigenvalue weighted by molar-refractivity contribution is -0.163. The molecule has 5 heteroatoms. The van der Waals surface area contributed by atoms with Gasteiger partial charge in [0.2, 0.25) is 0 Å². The van der Waals surface area contributed by atoms with Gasteiger partial charge >= 0.3 is 11.9 Å². The van der Waals surface area contributed by atoms with Crippen LogP contribution in [0.15, 0.2) is 60.8 Å². The second-order valence-electron chi connectivity index (χ2n) is 18.5. The minimum atomic E-state index is -0.547. The second kappa shape index (κ2) is 54.9. The van der Waals surface area contributed by atoms with Gasteiger partial charge in [-0.05, 0) is 83.5 Å². The van der Waals surface area contributed by atoms with Crippen LogP contribution in [-0.4, -0.2) is 37.9 Å².